The normalized spacial score (nSPS) is 10.8. The highest BCUT2D eigenvalue weighted by atomic mass is 127. The smallest absolute Gasteiger partial charge is 0.191 e. The van der Waals surface area contributed by atoms with E-state index in [1.807, 2.05) is 24.3 Å². The van der Waals surface area contributed by atoms with Crippen molar-refractivity contribution in [3.8, 4) is 0 Å². The summed E-state index contributed by atoms with van der Waals surface area (Å²) >= 11 is 6.12. The first-order chi connectivity index (χ1) is 10.7. The van der Waals surface area contributed by atoms with E-state index < -0.39 is 0 Å². The minimum Gasteiger partial charge on any atom is -0.356 e. The monoisotopic (exact) mass is 447 g/mol. The van der Waals surface area contributed by atoms with Gasteiger partial charge >= 0.3 is 0 Å². The number of nitrogens with one attached hydrogen (secondary N) is 2. The van der Waals surface area contributed by atoms with Crippen LogP contribution in [0.5, 0.6) is 0 Å². The van der Waals surface area contributed by atoms with Gasteiger partial charge in [-0.1, -0.05) is 41.9 Å². The van der Waals surface area contributed by atoms with E-state index >= 15 is 0 Å². The van der Waals surface area contributed by atoms with Gasteiger partial charge in [-0.25, -0.2) is 4.39 Å². The highest BCUT2D eigenvalue weighted by Gasteiger charge is 2.01. The Morgan fingerprint density at radius 2 is 1.78 bits per heavy atom. The van der Waals surface area contributed by atoms with E-state index in [0.29, 0.717) is 19.0 Å². The zero-order valence-corrected chi connectivity index (χ0v) is 15.9. The molecular weight excluding hydrogens is 428 g/mol. The average molecular weight is 448 g/mol. The van der Waals surface area contributed by atoms with Gasteiger partial charge in [0.2, 0.25) is 0 Å². The first kappa shape index (κ1) is 19.7. The maximum absolute atomic E-state index is 12.8. The van der Waals surface area contributed by atoms with Crippen molar-refractivity contribution in [2.45, 2.75) is 13.0 Å². The average Bonchev–Trinajstić information content (AvgIpc) is 2.54. The van der Waals surface area contributed by atoms with Crippen molar-refractivity contribution in [1.29, 1.82) is 0 Å². The van der Waals surface area contributed by atoms with Crippen LogP contribution >= 0.6 is 35.6 Å². The number of hydrogen-bond acceptors (Lipinski definition) is 1. The van der Waals surface area contributed by atoms with Crippen molar-refractivity contribution in [2.24, 2.45) is 4.99 Å². The predicted molar refractivity (Wildman–Crippen MR) is 105 cm³/mol. The van der Waals surface area contributed by atoms with E-state index in [0.717, 1.165) is 22.6 Å². The minimum absolute atomic E-state index is 0. The summed E-state index contributed by atoms with van der Waals surface area (Å²) < 4.78 is 12.8. The SMILES string of the molecule is CN=C(NCCc1ccc(F)cc1)NCc1ccccc1Cl.I. The third kappa shape index (κ3) is 6.74. The highest BCUT2D eigenvalue weighted by molar-refractivity contribution is 14.0. The minimum atomic E-state index is -0.214. The molecule has 0 saturated carbocycles. The van der Waals surface area contributed by atoms with Crippen molar-refractivity contribution in [1.82, 2.24) is 10.6 Å². The molecule has 23 heavy (non-hydrogen) atoms. The Bertz CT molecular complexity index is 632. The van der Waals surface area contributed by atoms with Gasteiger partial charge in [-0.15, -0.1) is 24.0 Å². The van der Waals surface area contributed by atoms with Crippen LogP contribution in [0.15, 0.2) is 53.5 Å². The maximum Gasteiger partial charge on any atom is 0.191 e. The molecule has 0 aliphatic heterocycles. The first-order valence-electron chi connectivity index (χ1n) is 7.11. The quantitative estimate of drug-likeness (QED) is 0.413. The fourth-order valence-corrected chi connectivity index (χ4v) is 2.22. The molecule has 2 aromatic rings. The Morgan fingerprint density at radius 3 is 2.43 bits per heavy atom. The summed E-state index contributed by atoms with van der Waals surface area (Å²) in [7, 11) is 1.72. The molecule has 2 aromatic carbocycles. The fourth-order valence-electron chi connectivity index (χ4n) is 2.02. The third-order valence-electron chi connectivity index (χ3n) is 3.25. The van der Waals surface area contributed by atoms with Gasteiger partial charge in [0.15, 0.2) is 5.96 Å². The van der Waals surface area contributed by atoms with E-state index in [-0.39, 0.29) is 29.8 Å². The molecule has 0 aliphatic carbocycles. The third-order valence-corrected chi connectivity index (χ3v) is 3.62. The lowest BCUT2D eigenvalue weighted by molar-refractivity contribution is 0.626. The lowest BCUT2D eigenvalue weighted by Crippen LogP contribution is -2.37. The molecule has 2 N–H and O–H groups in total. The van der Waals surface area contributed by atoms with Crippen LogP contribution in [-0.4, -0.2) is 19.6 Å². The van der Waals surface area contributed by atoms with Gasteiger partial charge in [0, 0.05) is 25.2 Å². The Hall–Kier alpha value is -1.34. The zero-order valence-electron chi connectivity index (χ0n) is 12.9. The van der Waals surface area contributed by atoms with Crippen LogP contribution in [0.3, 0.4) is 0 Å². The van der Waals surface area contributed by atoms with Crippen LogP contribution in [-0.2, 0) is 13.0 Å². The van der Waals surface area contributed by atoms with Gasteiger partial charge in [-0.05, 0) is 35.7 Å². The van der Waals surface area contributed by atoms with E-state index in [1.54, 1.807) is 19.2 Å². The van der Waals surface area contributed by atoms with Crippen molar-refractivity contribution < 1.29 is 4.39 Å². The summed E-state index contributed by atoms with van der Waals surface area (Å²) in [5.41, 5.74) is 2.10. The van der Waals surface area contributed by atoms with Crippen LogP contribution in [0, 0.1) is 5.82 Å². The molecule has 0 fully saturated rings. The van der Waals surface area contributed by atoms with E-state index in [1.165, 1.54) is 12.1 Å². The van der Waals surface area contributed by atoms with Gasteiger partial charge in [0.05, 0.1) is 0 Å². The largest absolute Gasteiger partial charge is 0.356 e. The second-order valence-corrected chi connectivity index (χ2v) is 5.23. The molecule has 0 unspecified atom stereocenters. The van der Waals surface area contributed by atoms with Crippen molar-refractivity contribution >= 4 is 41.5 Å². The molecular formula is C17H20ClFIN3. The van der Waals surface area contributed by atoms with Crippen molar-refractivity contribution in [2.75, 3.05) is 13.6 Å². The van der Waals surface area contributed by atoms with Gasteiger partial charge in [-0.3, -0.25) is 4.99 Å². The summed E-state index contributed by atoms with van der Waals surface area (Å²) in [4.78, 5) is 4.17. The lowest BCUT2D eigenvalue weighted by Gasteiger charge is -2.12. The topological polar surface area (TPSA) is 36.4 Å². The Morgan fingerprint density at radius 1 is 1.09 bits per heavy atom. The standard InChI is InChI=1S/C17H19ClFN3.HI/c1-20-17(22-12-14-4-2-3-5-16(14)18)21-11-10-13-6-8-15(19)9-7-13;/h2-9H,10-12H2,1H3,(H2,20,21,22);1H. The summed E-state index contributed by atoms with van der Waals surface area (Å²) in [5.74, 6) is 0.496. The van der Waals surface area contributed by atoms with Crippen LogP contribution in [0.1, 0.15) is 11.1 Å². The molecule has 0 aromatic heterocycles. The van der Waals surface area contributed by atoms with E-state index in [9.17, 15) is 4.39 Å². The van der Waals surface area contributed by atoms with Crippen molar-refractivity contribution in [3.05, 3.63) is 70.5 Å². The van der Waals surface area contributed by atoms with E-state index in [4.69, 9.17) is 11.6 Å². The number of aliphatic imine (C=N–C) groups is 1. The van der Waals surface area contributed by atoms with E-state index in [2.05, 4.69) is 15.6 Å². The molecule has 0 atom stereocenters. The number of halogens is 3. The van der Waals surface area contributed by atoms with Gasteiger partial charge in [-0.2, -0.15) is 0 Å². The molecule has 0 saturated heterocycles. The van der Waals surface area contributed by atoms with Crippen LogP contribution < -0.4 is 10.6 Å². The second-order valence-electron chi connectivity index (χ2n) is 4.82. The van der Waals surface area contributed by atoms with Crippen molar-refractivity contribution in [3.63, 3.8) is 0 Å². The predicted octanol–water partition coefficient (Wildman–Crippen LogP) is 4.00. The lowest BCUT2D eigenvalue weighted by atomic mass is 10.1. The molecule has 0 amide bonds. The number of rotatable bonds is 5. The summed E-state index contributed by atoms with van der Waals surface area (Å²) in [6, 6.07) is 14.2. The molecule has 0 spiro atoms. The number of hydrogen-bond donors (Lipinski definition) is 2. The van der Waals surface area contributed by atoms with Gasteiger partial charge < -0.3 is 10.6 Å². The fraction of sp³-hybridized carbons (Fsp3) is 0.235. The van der Waals surface area contributed by atoms with Crippen LogP contribution in [0.25, 0.3) is 0 Å². The Labute approximate surface area is 158 Å². The summed E-state index contributed by atoms with van der Waals surface area (Å²) in [6.45, 7) is 1.32. The Kier molecular flexibility index (Phi) is 8.94. The molecule has 0 heterocycles. The Balaban J connectivity index is 0.00000264. The van der Waals surface area contributed by atoms with Crippen LogP contribution in [0.4, 0.5) is 4.39 Å². The van der Waals surface area contributed by atoms with Gasteiger partial charge in [0.1, 0.15) is 5.82 Å². The number of nitrogens with zero attached hydrogens (tertiary/aromatic N) is 1. The molecule has 6 heteroatoms. The molecule has 124 valence electrons. The molecule has 3 nitrogen and oxygen atoms in total. The molecule has 0 bridgehead atoms. The highest BCUT2D eigenvalue weighted by Crippen LogP contribution is 2.14. The van der Waals surface area contributed by atoms with Crippen LogP contribution in [0.2, 0.25) is 5.02 Å². The number of guanidine groups is 1. The summed E-state index contributed by atoms with van der Waals surface area (Å²) in [6.07, 6.45) is 0.799. The molecule has 0 radical (unpaired) electrons. The zero-order chi connectivity index (χ0) is 15.8. The second kappa shape index (κ2) is 10.4. The molecule has 2 rings (SSSR count). The summed E-state index contributed by atoms with van der Waals surface area (Å²) in [5, 5.41) is 7.17. The van der Waals surface area contributed by atoms with Gasteiger partial charge in [0.25, 0.3) is 0 Å². The first-order valence-corrected chi connectivity index (χ1v) is 7.49. The molecule has 0 aliphatic rings. The number of benzene rings is 2. The maximum atomic E-state index is 12.8.